The summed E-state index contributed by atoms with van der Waals surface area (Å²) in [4.78, 5) is 24.5. The molecule has 1 unspecified atom stereocenters. The van der Waals surface area contributed by atoms with Gasteiger partial charge in [0, 0.05) is 13.1 Å². The molecule has 1 saturated heterocycles. The van der Waals surface area contributed by atoms with Crippen LogP contribution < -0.4 is 16.2 Å². The summed E-state index contributed by atoms with van der Waals surface area (Å²) in [6, 6.07) is 16.9. The summed E-state index contributed by atoms with van der Waals surface area (Å²) in [5.41, 5.74) is 7.79. The molecule has 1 aliphatic rings. The van der Waals surface area contributed by atoms with Gasteiger partial charge >= 0.3 is 5.69 Å². The molecule has 2 aromatic heterocycles. The number of imidazole rings is 1. The van der Waals surface area contributed by atoms with Crippen molar-refractivity contribution in [3.8, 4) is 29.0 Å². The highest BCUT2D eigenvalue weighted by atomic mass is 16.5. The SMILES string of the molecule is CC#CCN1CCC(n2c(=O)n(-c3ccc(Oc4ccccc4)cc3)c3c(N)ncnc32)C1. The maximum Gasteiger partial charge on any atom is 0.335 e. The molecule has 1 aliphatic heterocycles. The molecule has 2 aromatic carbocycles. The number of hydrogen-bond donors (Lipinski definition) is 1. The van der Waals surface area contributed by atoms with Crippen LogP contribution in [0.2, 0.25) is 0 Å². The maximum absolute atomic E-state index is 13.6. The van der Waals surface area contributed by atoms with Crippen molar-refractivity contribution in [1.82, 2.24) is 24.0 Å². The van der Waals surface area contributed by atoms with Crippen LogP contribution in [0.4, 0.5) is 5.82 Å². The number of fused-ring (bicyclic) bond motifs is 1. The molecule has 0 saturated carbocycles. The van der Waals surface area contributed by atoms with E-state index in [9.17, 15) is 4.79 Å². The monoisotopic (exact) mass is 440 g/mol. The van der Waals surface area contributed by atoms with Crippen LogP contribution in [-0.2, 0) is 0 Å². The fourth-order valence-corrected chi connectivity index (χ4v) is 4.28. The third kappa shape index (κ3) is 3.95. The van der Waals surface area contributed by atoms with Crippen LogP contribution >= 0.6 is 0 Å². The van der Waals surface area contributed by atoms with Gasteiger partial charge in [0.05, 0.1) is 18.3 Å². The average Bonchev–Trinajstić information content (AvgIpc) is 3.41. The summed E-state index contributed by atoms with van der Waals surface area (Å²) in [5.74, 6) is 7.73. The van der Waals surface area contributed by atoms with E-state index in [0.717, 1.165) is 25.3 Å². The second-order valence-electron chi connectivity index (χ2n) is 7.93. The molecule has 8 nitrogen and oxygen atoms in total. The smallest absolute Gasteiger partial charge is 0.335 e. The lowest BCUT2D eigenvalue weighted by Crippen LogP contribution is -2.29. The molecule has 0 bridgehead atoms. The molecule has 33 heavy (non-hydrogen) atoms. The molecule has 166 valence electrons. The first-order valence-corrected chi connectivity index (χ1v) is 10.8. The zero-order valence-electron chi connectivity index (χ0n) is 18.3. The van der Waals surface area contributed by atoms with Gasteiger partial charge in [-0.05, 0) is 49.7 Å². The molecule has 3 heterocycles. The number of para-hydroxylation sites is 1. The Morgan fingerprint density at radius 3 is 2.61 bits per heavy atom. The van der Waals surface area contributed by atoms with Crippen molar-refractivity contribution in [1.29, 1.82) is 0 Å². The molecule has 2 N–H and O–H groups in total. The van der Waals surface area contributed by atoms with Crippen molar-refractivity contribution in [3.05, 3.63) is 71.4 Å². The van der Waals surface area contributed by atoms with Crippen LogP contribution in [0.25, 0.3) is 16.9 Å². The highest BCUT2D eigenvalue weighted by molar-refractivity contribution is 5.84. The minimum Gasteiger partial charge on any atom is -0.457 e. The van der Waals surface area contributed by atoms with Gasteiger partial charge < -0.3 is 10.5 Å². The van der Waals surface area contributed by atoms with Gasteiger partial charge in [0.2, 0.25) is 0 Å². The minimum atomic E-state index is -0.178. The number of rotatable bonds is 5. The number of nitrogens with zero attached hydrogens (tertiary/aromatic N) is 5. The van der Waals surface area contributed by atoms with E-state index in [1.165, 1.54) is 6.33 Å². The number of nitrogens with two attached hydrogens (primary N) is 1. The van der Waals surface area contributed by atoms with E-state index in [-0.39, 0.29) is 17.5 Å². The van der Waals surface area contributed by atoms with E-state index in [1.807, 2.05) is 61.5 Å². The van der Waals surface area contributed by atoms with E-state index < -0.39 is 0 Å². The van der Waals surface area contributed by atoms with Crippen molar-refractivity contribution < 1.29 is 4.74 Å². The molecule has 1 atom stereocenters. The number of hydrogen-bond acceptors (Lipinski definition) is 6. The Morgan fingerprint density at radius 2 is 1.85 bits per heavy atom. The Balaban J connectivity index is 1.53. The Kier molecular flexibility index (Phi) is 5.55. The van der Waals surface area contributed by atoms with Crippen LogP contribution in [-0.4, -0.2) is 43.6 Å². The van der Waals surface area contributed by atoms with Crippen LogP contribution in [0.15, 0.2) is 65.7 Å². The standard InChI is InChI=1S/C25H24N6O2/c1-2-3-14-29-15-13-19(16-29)31-24-22(23(26)27-17-28-24)30(25(31)32)18-9-11-21(12-10-18)33-20-7-5-4-6-8-20/h4-12,17,19H,13-16H2,1H3,(H2,26,27,28). The topological polar surface area (TPSA) is 91.2 Å². The number of nitrogen functional groups attached to an aromatic ring is 1. The summed E-state index contributed by atoms with van der Waals surface area (Å²) in [6.07, 6.45) is 2.25. The number of anilines is 1. The molecule has 0 radical (unpaired) electrons. The fraction of sp³-hybridized carbons (Fsp3) is 0.240. The summed E-state index contributed by atoms with van der Waals surface area (Å²) < 4.78 is 9.22. The van der Waals surface area contributed by atoms with Gasteiger partial charge in [-0.15, -0.1) is 5.92 Å². The van der Waals surface area contributed by atoms with Gasteiger partial charge in [-0.2, -0.15) is 0 Å². The Labute approximate surface area is 191 Å². The largest absolute Gasteiger partial charge is 0.457 e. The third-order valence-corrected chi connectivity index (χ3v) is 5.85. The lowest BCUT2D eigenvalue weighted by molar-refractivity contribution is 0.362. The van der Waals surface area contributed by atoms with Gasteiger partial charge in [-0.3, -0.25) is 14.0 Å². The zero-order chi connectivity index (χ0) is 22.8. The molecule has 0 spiro atoms. The first-order chi connectivity index (χ1) is 16.2. The highest BCUT2D eigenvalue weighted by Gasteiger charge is 2.29. The average molecular weight is 441 g/mol. The van der Waals surface area contributed by atoms with E-state index in [0.29, 0.717) is 29.1 Å². The maximum atomic E-state index is 13.6. The molecular formula is C25H24N6O2. The molecular weight excluding hydrogens is 416 g/mol. The van der Waals surface area contributed by atoms with Crippen molar-refractivity contribution >= 4 is 17.0 Å². The van der Waals surface area contributed by atoms with Crippen molar-refractivity contribution in [2.24, 2.45) is 0 Å². The van der Waals surface area contributed by atoms with Gasteiger partial charge in [0.1, 0.15) is 23.3 Å². The van der Waals surface area contributed by atoms with Crippen LogP contribution in [0.3, 0.4) is 0 Å². The number of benzene rings is 2. The predicted octanol–water partition coefficient (Wildman–Crippen LogP) is 3.23. The van der Waals surface area contributed by atoms with Gasteiger partial charge in [0.25, 0.3) is 0 Å². The second kappa shape index (κ2) is 8.81. The summed E-state index contributed by atoms with van der Waals surface area (Å²) in [5, 5.41) is 0. The van der Waals surface area contributed by atoms with Crippen molar-refractivity contribution in [3.63, 3.8) is 0 Å². The molecule has 4 aromatic rings. The molecule has 0 aliphatic carbocycles. The van der Waals surface area contributed by atoms with Gasteiger partial charge in [0.15, 0.2) is 11.5 Å². The molecule has 0 amide bonds. The van der Waals surface area contributed by atoms with Gasteiger partial charge in [-0.25, -0.2) is 14.8 Å². The lowest BCUT2D eigenvalue weighted by Gasteiger charge is -2.13. The predicted molar refractivity (Wildman–Crippen MR) is 128 cm³/mol. The van der Waals surface area contributed by atoms with E-state index in [2.05, 4.69) is 26.7 Å². The first kappa shape index (κ1) is 20.8. The number of likely N-dealkylation sites (tertiary alicyclic amines) is 1. The van der Waals surface area contributed by atoms with Crippen LogP contribution in [0.5, 0.6) is 11.5 Å². The normalized spacial score (nSPS) is 16.0. The van der Waals surface area contributed by atoms with E-state index in [1.54, 1.807) is 9.13 Å². The third-order valence-electron chi connectivity index (χ3n) is 5.85. The fourth-order valence-electron chi connectivity index (χ4n) is 4.28. The molecule has 8 heteroatoms. The van der Waals surface area contributed by atoms with E-state index >= 15 is 0 Å². The minimum absolute atomic E-state index is 0.00473. The quantitative estimate of drug-likeness (QED) is 0.479. The molecule has 1 fully saturated rings. The first-order valence-electron chi connectivity index (χ1n) is 10.8. The second-order valence-corrected chi connectivity index (χ2v) is 7.93. The summed E-state index contributed by atoms with van der Waals surface area (Å²) in [6.45, 7) is 4.15. The summed E-state index contributed by atoms with van der Waals surface area (Å²) >= 11 is 0. The molecule has 5 rings (SSSR count). The van der Waals surface area contributed by atoms with Crippen molar-refractivity contribution in [2.45, 2.75) is 19.4 Å². The van der Waals surface area contributed by atoms with Crippen LogP contribution in [0.1, 0.15) is 19.4 Å². The Morgan fingerprint density at radius 1 is 1.09 bits per heavy atom. The summed E-state index contributed by atoms with van der Waals surface area (Å²) in [7, 11) is 0. The zero-order valence-corrected chi connectivity index (χ0v) is 18.3. The van der Waals surface area contributed by atoms with Crippen LogP contribution in [0, 0.1) is 11.8 Å². The lowest BCUT2D eigenvalue weighted by atomic mass is 10.2. The van der Waals surface area contributed by atoms with E-state index in [4.69, 9.17) is 10.5 Å². The Bertz CT molecular complexity index is 1400. The van der Waals surface area contributed by atoms with Crippen molar-refractivity contribution in [2.75, 3.05) is 25.4 Å². The Hall–Kier alpha value is -4.09. The number of aromatic nitrogens is 4. The van der Waals surface area contributed by atoms with Gasteiger partial charge in [-0.1, -0.05) is 24.1 Å². The highest BCUT2D eigenvalue weighted by Crippen LogP contribution is 2.28. The number of ether oxygens (including phenoxy) is 1.